The van der Waals surface area contributed by atoms with Gasteiger partial charge in [-0.15, -0.1) is 0 Å². The Morgan fingerprint density at radius 2 is 2.33 bits per heavy atom. The first-order valence-corrected chi connectivity index (χ1v) is 6.29. The highest BCUT2D eigenvalue weighted by Crippen LogP contribution is 2.44. The Morgan fingerprint density at radius 1 is 1.61 bits per heavy atom. The smallest absolute Gasteiger partial charge is 0.235 e. The number of nitrogens with two attached hydrogens (primary N) is 1. The van der Waals surface area contributed by atoms with E-state index in [-0.39, 0.29) is 28.3 Å². The van der Waals surface area contributed by atoms with Gasteiger partial charge < -0.3 is 5.73 Å². The van der Waals surface area contributed by atoms with Crippen molar-refractivity contribution in [2.45, 2.75) is 32.6 Å². The van der Waals surface area contributed by atoms with Crippen LogP contribution in [0, 0.1) is 11.3 Å². The molecule has 1 saturated heterocycles. The largest absolute Gasteiger partial charge is 0.375 e. The van der Waals surface area contributed by atoms with Gasteiger partial charge in [-0.2, -0.15) is 5.10 Å². The maximum atomic E-state index is 12.0. The minimum Gasteiger partial charge on any atom is -0.375 e. The monoisotopic (exact) mass is 268 g/mol. The topological polar surface area (TPSA) is 96.6 Å². The molecule has 0 bridgehead atoms. The van der Waals surface area contributed by atoms with Crippen LogP contribution in [-0.2, 0) is 9.59 Å². The second-order valence-electron chi connectivity index (χ2n) is 5.11. The third kappa shape index (κ3) is 2.35. The average molecular weight is 268 g/mol. The Morgan fingerprint density at radius 3 is 3.00 bits per heavy atom. The van der Waals surface area contributed by atoms with Crippen molar-refractivity contribution in [1.29, 1.82) is 0 Å². The van der Waals surface area contributed by atoms with Crippen LogP contribution < -0.4 is 16.5 Å². The van der Waals surface area contributed by atoms with E-state index in [9.17, 15) is 9.59 Å². The summed E-state index contributed by atoms with van der Waals surface area (Å²) in [6.45, 7) is 1.96. The molecule has 0 radical (unpaired) electrons. The highest BCUT2D eigenvalue weighted by atomic mass is 32.1. The lowest BCUT2D eigenvalue weighted by Crippen LogP contribution is -2.55. The van der Waals surface area contributed by atoms with Crippen molar-refractivity contribution < 1.29 is 9.59 Å². The molecule has 2 fully saturated rings. The van der Waals surface area contributed by atoms with Crippen LogP contribution in [0.5, 0.6) is 0 Å². The Hall–Kier alpha value is -1.50. The van der Waals surface area contributed by atoms with Crippen LogP contribution in [-0.4, -0.2) is 22.6 Å². The van der Waals surface area contributed by atoms with Crippen molar-refractivity contribution in [1.82, 2.24) is 10.7 Å². The fourth-order valence-electron chi connectivity index (χ4n) is 2.89. The van der Waals surface area contributed by atoms with Gasteiger partial charge in [-0.3, -0.25) is 20.3 Å². The van der Waals surface area contributed by atoms with E-state index in [1.54, 1.807) is 0 Å². The predicted molar refractivity (Wildman–Crippen MR) is 70.6 cm³/mol. The molecule has 4 N–H and O–H groups in total. The summed E-state index contributed by atoms with van der Waals surface area (Å²) in [5.41, 5.74) is 8.24. The zero-order valence-corrected chi connectivity index (χ0v) is 11.0. The molecular formula is C11H16N4O2S. The van der Waals surface area contributed by atoms with E-state index in [1.807, 2.05) is 6.92 Å². The summed E-state index contributed by atoms with van der Waals surface area (Å²) in [7, 11) is 0. The molecule has 2 amide bonds. The van der Waals surface area contributed by atoms with Gasteiger partial charge in [0, 0.05) is 6.42 Å². The molecule has 0 aromatic heterocycles. The van der Waals surface area contributed by atoms with Gasteiger partial charge >= 0.3 is 0 Å². The molecular weight excluding hydrogens is 252 g/mol. The number of thiocarbonyl (C=S) groups is 1. The second-order valence-corrected chi connectivity index (χ2v) is 5.55. The van der Waals surface area contributed by atoms with E-state index >= 15 is 0 Å². The summed E-state index contributed by atoms with van der Waals surface area (Å²) in [6.07, 6.45) is 2.83. The number of imide groups is 1. The molecule has 0 aromatic rings. The quantitative estimate of drug-likeness (QED) is 0.354. The molecule has 6 nitrogen and oxygen atoms in total. The highest BCUT2D eigenvalue weighted by Gasteiger charge is 2.49. The Kier molecular flexibility index (Phi) is 3.34. The third-order valence-corrected chi connectivity index (χ3v) is 3.70. The van der Waals surface area contributed by atoms with Gasteiger partial charge in [0.1, 0.15) is 0 Å². The number of carbonyl (C=O) groups is 2. The van der Waals surface area contributed by atoms with Crippen LogP contribution in [0.3, 0.4) is 0 Å². The Balaban J connectivity index is 2.28. The lowest BCUT2D eigenvalue weighted by Gasteiger charge is -2.43. The maximum absolute atomic E-state index is 12.0. The van der Waals surface area contributed by atoms with Crippen molar-refractivity contribution in [3.8, 4) is 0 Å². The van der Waals surface area contributed by atoms with Gasteiger partial charge in [0.25, 0.3) is 0 Å². The molecule has 98 valence electrons. The van der Waals surface area contributed by atoms with Crippen molar-refractivity contribution in [3.05, 3.63) is 0 Å². The van der Waals surface area contributed by atoms with Crippen molar-refractivity contribution >= 4 is 34.9 Å². The standard InChI is InChI=1S/C11H16N4O2S/c1-11-4-2-3-6(14-15-10(12)18)8(11)9(17)13-7(16)5-11/h8H,2-5H2,1H3,(H3,12,15,18)(H,13,16,17)/b14-6+/t8-,11-/m1/s1. The van der Waals surface area contributed by atoms with E-state index in [0.717, 1.165) is 25.0 Å². The first-order valence-electron chi connectivity index (χ1n) is 5.88. The highest BCUT2D eigenvalue weighted by molar-refractivity contribution is 7.80. The SMILES string of the molecule is C[C@]12CCC/C(=N\NC(N)=S)[C@@H]1C(=O)NC(=O)C2. The molecule has 1 saturated carbocycles. The van der Waals surface area contributed by atoms with Crippen molar-refractivity contribution in [3.63, 3.8) is 0 Å². The van der Waals surface area contributed by atoms with Gasteiger partial charge in [0.2, 0.25) is 11.8 Å². The average Bonchev–Trinajstić information content (AvgIpc) is 2.23. The van der Waals surface area contributed by atoms with Crippen LogP contribution in [0.4, 0.5) is 0 Å². The molecule has 2 atom stereocenters. The second kappa shape index (κ2) is 4.64. The number of fused-ring (bicyclic) bond motifs is 1. The molecule has 1 aliphatic heterocycles. The Bertz CT molecular complexity index is 448. The van der Waals surface area contributed by atoms with Gasteiger partial charge in [0.05, 0.1) is 11.6 Å². The Labute approximate surface area is 110 Å². The third-order valence-electron chi connectivity index (χ3n) is 3.61. The van der Waals surface area contributed by atoms with E-state index in [4.69, 9.17) is 18.0 Å². The number of rotatable bonds is 1. The number of hydrazone groups is 1. The first-order chi connectivity index (χ1) is 8.42. The summed E-state index contributed by atoms with van der Waals surface area (Å²) in [5, 5.41) is 6.56. The van der Waals surface area contributed by atoms with Gasteiger partial charge in [0.15, 0.2) is 5.11 Å². The van der Waals surface area contributed by atoms with Crippen LogP contribution in [0.15, 0.2) is 5.10 Å². The molecule has 18 heavy (non-hydrogen) atoms. The van der Waals surface area contributed by atoms with E-state index in [1.165, 1.54) is 0 Å². The predicted octanol–water partition coefficient (Wildman–Crippen LogP) is 0.0285. The zero-order valence-electron chi connectivity index (χ0n) is 10.2. The summed E-state index contributed by atoms with van der Waals surface area (Å²) in [6, 6.07) is 0. The zero-order chi connectivity index (χ0) is 13.3. The van der Waals surface area contributed by atoms with Crippen molar-refractivity contribution in [2.24, 2.45) is 22.2 Å². The van der Waals surface area contributed by atoms with Crippen LogP contribution in [0.2, 0.25) is 0 Å². The molecule has 2 aliphatic rings. The molecule has 1 aliphatic carbocycles. The van der Waals surface area contributed by atoms with Crippen LogP contribution in [0.25, 0.3) is 0 Å². The molecule has 0 spiro atoms. The number of nitrogens with zero attached hydrogens (tertiary/aromatic N) is 1. The number of hydrogen-bond donors (Lipinski definition) is 3. The van der Waals surface area contributed by atoms with Gasteiger partial charge in [-0.25, -0.2) is 0 Å². The number of nitrogens with one attached hydrogen (secondary N) is 2. The van der Waals surface area contributed by atoms with Crippen LogP contribution in [0.1, 0.15) is 32.6 Å². The number of carbonyl (C=O) groups excluding carboxylic acids is 2. The minimum absolute atomic E-state index is 0.0714. The molecule has 2 rings (SSSR count). The van der Waals surface area contributed by atoms with E-state index < -0.39 is 0 Å². The number of amides is 2. The summed E-state index contributed by atoms with van der Waals surface area (Å²) in [4.78, 5) is 23.5. The number of piperidine rings is 1. The first kappa shape index (κ1) is 12.9. The molecule has 0 unspecified atom stereocenters. The molecule has 1 heterocycles. The van der Waals surface area contributed by atoms with Gasteiger partial charge in [-0.1, -0.05) is 6.92 Å². The van der Waals surface area contributed by atoms with E-state index in [0.29, 0.717) is 6.42 Å². The maximum Gasteiger partial charge on any atom is 0.235 e. The summed E-state index contributed by atoms with van der Waals surface area (Å²) in [5.74, 6) is -0.843. The minimum atomic E-state index is -0.370. The molecule has 7 heteroatoms. The summed E-state index contributed by atoms with van der Waals surface area (Å²) >= 11 is 4.69. The lowest BCUT2D eigenvalue weighted by atomic mass is 9.62. The van der Waals surface area contributed by atoms with E-state index in [2.05, 4.69) is 15.8 Å². The van der Waals surface area contributed by atoms with Crippen LogP contribution >= 0.6 is 12.2 Å². The number of hydrogen-bond acceptors (Lipinski definition) is 4. The normalized spacial score (nSPS) is 33.8. The fourth-order valence-corrected chi connectivity index (χ4v) is 2.94. The summed E-state index contributed by atoms with van der Waals surface area (Å²) < 4.78 is 0. The van der Waals surface area contributed by atoms with Gasteiger partial charge in [-0.05, 0) is 36.9 Å². The van der Waals surface area contributed by atoms with Crippen molar-refractivity contribution in [2.75, 3.05) is 0 Å². The fraction of sp³-hybridized carbons (Fsp3) is 0.636. The lowest BCUT2D eigenvalue weighted by molar-refractivity contribution is -0.140. The molecule has 0 aromatic carbocycles.